The molecule has 8 nitrogen and oxygen atoms in total. The van der Waals surface area contributed by atoms with Gasteiger partial charge in [-0.15, -0.1) is 0 Å². The van der Waals surface area contributed by atoms with Gasteiger partial charge in [-0.1, -0.05) is 33.8 Å². The molecule has 10 heteroatoms. The van der Waals surface area contributed by atoms with E-state index in [2.05, 4.69) is 19.2 Å². The van der Waals surface area contributed by atoms with Crippen LogP contribution in [0.4, 0.5) is 8.78 Å². The van der Waals surface area contributed by atoms with Gasteiger partial charge in [0.2, 0.25) is 5.43 Å². The van der Waals surface area contributed by atoms with Gasteiger partial charge in [-0.2, -0.15) is 0 Å². The zero-order valence-corrected chi connectivity index (χ0v) is 21.4. The van der Waals surface area contributed by atoms with Crippen LogP contribution in [0.5, 0.6) is 5.75 Å². The number of ether oxygens (including phenoxy) is 1. The van der Waals surface area contributed by atoms with Crippen molar-refractivity contribution in [3.63, 3.8) is 0 Å². The highest BCUT2D eigenvalue weighted by molar-refractivity contribution is 5.99. The molecule has 36 heavy (non-hydrogen) atoms. The molecular weight excluding hydrogens is 472 g/mol. The van der Waals surface area contributed by atoms with Crippen LogP contribution in [-0.4, -0.2) is 45.8 Å². The van der Waals surface area contributed by atoms with Gasteiger partial charge >= 0.3 is 0 Å². The van der Waals surface area contributed by atoms with Crippen molar-refractivity contribution in [3.05, 3.63) is 62.6 Å². The lowest BCUT2D eigenvalue weighted by molar-refractivity contribution is -0.0691. The number of aromatic hydroxyl groups is 1. The second-order valence-corrected chi connectivity index (χ2v) is 9.53. The number of benzene rings is 1. The van der Waals surface area contributed by atoms with Crippen LogP contribution in [0.2, 0.25) is 0 Å². The van der Waals surface area contributed by atoms with Crippen molar-refractivity contribution >= 4 is 11.8 Å². The second kappa shape index (κ2) is 10.8. The smallest absolute Gasteiger partial charge is 0.276 e. The average Bonchev–Trinajstić information content (AvgIpc) is 2.85. The summed E-state index contributed by atoms with van der Waals surface area (Å²) in [4.78, 5) is 40.8. The number of pyridine rings is 1. The van der Waals surface area contributed by atoms with Crippen LogP contribution >= 0.6 is 0 Å². The molecule has 196 valence electrons. The quantitative estimate of drug-likeness (QED) is 0.571. The molecule has 0 aliphatic carbocycles. The summed E-state index contributed by atoms with van der Waals surface area (Å²) in [6, 6.07) is 2.10. The highest BCUT2D eigenvalue weighted by Crippen LogP contribution is 2.31. The van der Waals surface area contributed by atoms with Gasteiger partial charge in [0.15, 0.2) is 17.7 Å². The molecule has 2 amide bonds. The standard InChI is InChI=1S/C26H33F2N3O5/c1-7-19(14(4)13(2)3)31-20(36-6)12-30-11-17(23(32)24(33)22(30)26(31)35)25(34)29-10-16-8-9-18(27)15(5)21(16)28/h8-9,11,13-14,19-20,33H,7,10,12H2,1-6H3,(H,29,34)/t14-,19?,20?/m0/s1. The number of carbonyl (C=O) groups is 2. The lowest BCUT2D eigenvalue weighted by Gasteiger charge is -2.44. The fraction of sp³-hybridized carbons (Fsp3) is 0.500. The number of hydrogen-bond acceptors (Lipinski definition) is 5. The van der Waals surface area contributed by atoms with Gasteiger partial charge in [-0.05, 0) is 31.2 Å². The largest absolute Gasteiger partial charge is 0.503 e. The maximum Gasteiger partial charge on any atom is 0.276 e. The molecule has 1 aliphatic rings. The van der Waals surface area contributed by atoms with E-state index in [0.717, 1.165) is 6.07 Å². The Kier molecular flexibility index (Phi) is 8.18. The number of methoxy groups -OCH3 is 1. The molecule has 3 atom stereocenters. The maximum atomic E-state index is 14.3. The van der Waals surface area contributed by atoms with Crippen LogP contribution in [0, 0.1) is 30.4 Å². The van der Waals surface area contributed by atoms with E-state index < -0.39 is 46.4 Å². The van der Waals surface area contributed by atoms with E-state index in [9.17, 15) is 28.3 Å². The molecule has 0 saturated carbocycles. The molecule has 2 unspecified atom stereocenters. The van der Waals surface area contributed by atoms with Gasteiger partial charge in [0.05, 0.1) is 6.54 Å². The molecule has 0 spiro atoms. The number of nitrogens with one attached hydrogen (secondary N) is 1. The first kappa shape index (κ1) is 27.3. The van der Waals surface area contributed by atoms with E-state index in [1.54, 1.807) is 4.90 Å². The summed E-state index contributed by atoms with van der Waals surface area (Å²) >= 11 is 0. The molecule has 0 fully saturated rings. The zero-order valence-electron chi connectivity index (χ0n) is 21.4. The van der Waals surface area contributed by atoms with E-state index in [1.165, 1.54) is 30.9 Å². The number of nitrogens with zero attached hydrogens (tertiary/aromatic N) is 2. The molecular formula is C26H33F2N3O5. The van der Waals surface area contributed by atoms with Crippen molar-refractivity contribution in [3.8, 4) is 5.75 Å². The molecule has 2 aromatic rings. The average molecular weight is 506 g/mol. The van der Waals surface area contributed by atoms with E-state index in [4.69, 9.17) is 4.74 Å². The van der Waals surface area contributed by atoms with E-state index >= 15 is 0 Å². The fourth-order valence-electron chi connectivity index (χ4n) is 4.63. The number of carbonyl (C=O) groups excluding carboxylic acids is 2. The van der Waals surface area contributed by atoms with Crippen molar-refractivity contribution < 1.29 is 28.2 Å². The summed E-state index contributed by atoms with van der Waals surface area (Å²) in [5.74, 6) is -3.36. The molecule has 3 rings (SSSR count). The molecule has 1 aromatic carbocycles. The molecule has 1 aliphatic heterocycles. The van der Waals surface area contributed by atoms with Gasteiger partial charge < -0.3 is 24.6 Å². The van der Waals surface area contributed by atoms with Crippen LogP contribution in [0.15, 0.2) is 23.1 Å². The second-order valence-electron chi connectivity index (χ2n) is 9.53. The number of halogens is 2. The summed E-state index contributed by atoms with van der Waals surface area (Å²) in [5, 5.41) is 13.1. The number of hydrogen-bond donors (Lipinski definition) is 2. The van der Waals surface area contributed by atoms with E-state index in [0.29, 0.717) is 6.42 Å². The third-order valence-corrected chi connectivity index (χ3v) is 7.15. The SMILES string of the molecule is CCC([C@@H](C)C(C)C)N1C(=O)c2c(O)c(=O)c(C(=O)NCc3ccc(F)c(C)c3F)cn2CC1OC. The molecule has 0 radical (unpaired) electrons. The first-order valence-electron chi connectivity index (χ1n) is 12.0. The molecule has 1 aromatic heterocycles. The fourth-order valence-corrected chi connectivity index (χ4v) is 4.63. The van der Waals surface area contributed by atoms with Crippen molar-refractivity contribution in [2.45, 2.75) is 66.4 Å². The first-order chi connectivity index (χ1) is 16.9. The summed E-state index contributed by atoms with van der Waals surface area (Å²) in [6.07, 6.45) is 1.17. The summed E-state index contributed by atoms with van der Waals surface area (Å²) in [7, 11) is 1.47. The topological polar surface area (TPSA) is 101 Å². The molecule has 2 N–H and O–H groups in total. The molecule has 0 saturated heterocycles. The van der Waals surface area contributed by atoms with Crippen LogP contribution < -0.4 is 10.7 Å². The Balaban J connectivity index is 1.95. The molecule has 2 heterocycles. The number of aromatic nitrogens is 1. The Labute approximate surface area is 208 Å². The van der Waals surface area contributed by atoms with Gasteiger partial charge in [0, 0.05) is 37.0 Å². The Morgan fingerprint density at radius 2 is 1.92 bits per heavy atom. The Bertz CT molecular complexity index is 1230. The third-order valence-electron chi connectivity index (χ3n) is 7.15. The number of rotatable bonds is 8. The van der Waals surface area contributed by atoms with Crippen LogP contribution in [-0.2, 0) is 17.8 Å². The van der Waals surface area contributed by atoms with Gasteiger partial charge in [0.1, 0.15) is 17.2 Å². The Morgan fingerprint density at radius 1 is 1.25 bits per heavy atom. The van der Waals surface area contributed by atoms with Crippen LogP contribution in [0.25, 0.3) is 0 Å². The van der Waals surface area contributed by atoms with Crippen molar-refractivity contribution in [1.29, 1.82) is 0 Å². The highest BCUT2D eigenvalue weighted by Gasteiger charge is 2.41. The molecule has 0 bridgehead atoms. The lowest BCUT2D eigenvalue weighted by Crippen LogP contribution is -2.56. The van der Waals surface area contributed by atoms with Gasteiger partial charge in [0.25, 0.3) is 11.8 Å². The van der Waals surface area contributed by atoms with Crippen molar-refractivity contribution in [2.75, 3.05) is 7.11 Å². The minimum Gasteiger partial charge on any atom is -0.503 e. The van der Waals surface area contributed by atoms with Crippen LogP contribution in [0.1, 0.15) is 66.1 Å². The van der Waals surface area contributed by atoms with E-state index in [1.807, 2.05) is 13.8 Å². The third kappa shape index (κ3) is 4.86. The highest BCUT2D eigenvalue weighted by atomic mass is 19.1. The summed E-state index contributed by atoms with van der Waals surface area (Å²) < 4.78 is 34.8. The maximum absolute atomic E-state index is 14.3. The number of amides is 2. The minimum absolute atomic E-state index is 0.0414. The first-order valence-corrected chi connectivity index (χ1v) is 12.0. The number of fused-ring (bicyclic) bond motifs is 1. The summed E-state index contributed by atoms with van der Waals surface area (Å²) in [6.45, 7) is 9.20. The minimum atomic E-state index is -1.01. The predicted molar refractivity (Wildman–Crippen MR) is 130 cm³/mol. The van der Waals surface area contributed by atoms with Gasteiger partial charge in [-0.3, -0.25) is 14.4 Å². The van der Waals surface area contributed by atoms with Gasteiger partial charge in [-0.25, -0.2) is 8.78 Å². The van der Waals surface area contributed by atoms with Crippen molar-refractivity contribution in [2.24, 2.45) is 11.8 Å². The lowest BCUT2D eigenvalue weighted by atomic mass is 9.87. The van der Waals surface area contributed by atoms with Crippen LogP contribution in [0.3, 0.4) is 0 Å². The summed E-state index contributed by atoms with van der Waals surface area (Å²) in [5.41, 5.74) is -1.77. The predicted octanol–water partition coefficient (Wildman–Crippen LogP) is 3.57. The normalized spacial score (nSPS) is 17.2. The monoisotopic (exact) mass is 505 g/mol. The Hall–Kier alpha value is -3.27. The van der Waals surface area contributed by atoms with Crippen molar-refractivity contribution in [1.82, 2.24) is 14.8 Å². The zero-order chi connectivity index (χ0) is 26.9. The Morgan fingerprint density at radius 3 is 2.50 bits per heavy atom. The van der Waals surface area contributed by atoms with E-state index in [-0.39, 0.29) is 47.8 Å².